The second-order valence-electron chi connectivity index (χ2n) is 12.2. The van der Waals surface area contributed by atoms with E-state index < -0.39 is 5.60 Å². The van der Waals surface area contributed by atoms with Crippen LogP contribution in [0.3, 0.4) is 0 Å². The average Bonchev–Trinajstić information content (AvgIpc) is 3.20. The number of amides is 1. The van der Waals surface area contributed by atoms with E-state index >= 15 is 0 Å². The summed E-state index contributed by atoms with van der Waals surface area (Å²) in [5.41, 5.74) is 6.22. The average molecular weight is 496 g/mol. The van der Waals surface area contributed by atoms with E-state index in [1.54, 1.807) is 0 Å². The van der Waals surface area contributed by atoms with Gasteiger partial charge in [0, 0.05) is 30.8 Å². The maximum atomic E-state index is 13.5. The Labute approximate surface area is 220 Å². The zero-order chi connectivity index (χ0) is 25.8. The van der Waals surface area contributed by atoms with Crippen molar-refractivity contribution in [1.82, 2.24) is 4.90 Å². The second-order valence-corrected chi connectivity index (χ2v) is 12.2. The van der Waals surface area contributed by atoms with Gasteiger partial charge in [0.25, 0.3) is 0 Å². The molecule has 1 N–H and O–H groups in total. The second kappa shape index (κ2) is 9.02. The molecule has 6 rings (SSSR count). The number of ether oxygens (including phenoxy) is 1. The molecule has 4 nitrogen and oxygen atoms in total. The topological polar surface area (TPSA) is 49.8 Å². The van der Waals surface area contributed by atoms with Gasteiger partial charge in [0.2, 0.25) is 0 Å². The molecule has 0 aromatic heterocycles. The molecule has 0 spiro atoms. The number of hydrogen-bond donors (Lipinski definition) is 1. The Morgan fingerprint density at radius 3 is 2.11 bits per heavy atom. The molecule has 0 radical (unpaired) electrons. The van der Waals surface area contributed by atoms with Gasteiger partial charge in [-0.3, -0.25) is 0 Å². The lowest BCUT2D eigenvalue weighted by Gasteiger charge is -2.51. The van der Waals surface area contributed by atoms with E-state index in [-0.39, 0.29) is 29.5 Å². The molecule has 2 aliphatic heterocycles. The summed E-state index contributed by atoms with van der Waals surface area (Å²) in [7, 11) is 0. The van der Waals surface area contributed by atoms with E-state index in [0.29, 0.717) is 19.4 Å². The van der Waals surface area contributed by atoms with Crippen LogP contribution in [0.2, 0.25) is 0 Å². The summed E-state index contributed by atoms with van der Waals surface area (Å²) in [5, 5.41) is 11.9. The first-order chi connectivity index (χ1) is 17.7. The summed E-state index contributed by atoms with van der Waals surface area (Å²) < 4.78 is 6.06. The molecule has 2 atom stereocenters. The van der Waals surface area contributed by atoms with Crippen molar-refractivity contribution in [3.63, 3.8) is 0 Å². The minimum absolute atomic E-state index is 0.00792. The van der Waals surface area contributed by atoms with Gasteiger partial charge in [0.1, 0.15) is 6.61 Å². The molecule has 3 aromatic rings. The number of piperidine rings is 2. The van der Waals surface area contributed by atoms with Crippen LogP contribution in [0, 0.1) is 0 Å². The van der Waals surface area contributed by atoms with Gasteiger partial charge in [-0.2, -0.15) is 0 Å². The quantitative estimate of drug-likeness (QED) is 0.420. The first-order valence-corrected chi connectivity index (χ1v) is 13.7. The Balaban J connectivity index is 1.20. The summed E-state index contributed by atoms with van der Waals surface area (Å²) in [4.78, 5) is 15.5. The van der Waals surface area contributed by atoms with E-state index in [2.05, 4.69) is 87.5 Å². The molecule has 2 bridgehead atoms. The molecule has 2 fully saturated rings. The van der Waals surface area contributed by atoms with Gasteiger partial charge in [-0.1, -0.05) is 93.6 Å². The Kier molecular flexibility index (Phi) is 5.91. The molecule has 2 saturated heterocycles. The predicted molar refractivity (Wildman–Crippen MR) is 147 cm³/mol. The van der Waals surface area contributed by atoms with E-state index in [1.807, 2.05) is 11.0 Å². The summed E-state index contributed by atoms with van der Waals surface area (Å²) in [6, 6.07) is 25.2. The first kappa shape index (κ1) is 24.2. The highest BCUT2D eigenvalue weighted by atomic mass is 16.6. The molecule has 1 amide bonds. The summed E-state index contributed by atoms with van der Waals surface area (Å²) in [5.74, 6) is 0.0538. The molecule has 37 heavy (non-hydrogen) atoms. The maximum absolute atomic E-state index is 13.5. The molecule has 3 aliphatic rings. The molecule has 0 saturated carbocycles. The molecular weight excluding hydrogens is 458 g/mol. The van der Waals surface area contributed by atoms with Gasteiger partial charge in [-0.25, -0.2) is 4.79 Å². The maximum Gasteiger partial charge on any atom is 0.410 e. The number of fused-ring (bicyclic) bond motifs is 5. The number of carbonyl (C=O) groups is 1. The number of carbonyl (C=O) groups excluding carboxylic acids is 1. The highest BCUT2D eigenvalue weighted by Crippen LogP contribution is 2.47. The lowest BCUT2D eigenvalue weighted by Crippen LogP contribution is -2.59. The van der Waals surface area contributed by atoms with Gasteiger partial charge >= 0.3 is 6.09 Å². The Morgan fingerprint density at radius 1 is 0.919 bits per heavy atom. The van der Waals surface area contributed by atoms with Crippen molar-refractivity contribution in [2.75, 3.05) is 6.61 Å². The molecular formula is C33H37NO3. The molecule has 4 heteroatoms. The molecule has 2 unspecified atom stereocenters. The Morgan fingerprint density at radius 2 is 1.51 bits per heavy atom. The van der Waals surface area contributed by atoms with Crippen molar-refractivity contribution in [2.24, 2.45) is 0 Å². The molecule has 192 valence electrons. The van der Waals surface area contributed by atoms with Gasteiger partial charge < -0.3 is 14.7 Å². The van der Waals surface area contributed by atoms with E-state index in [1.165, 1.54) is 27.8 Å². The summed E-state index contributed by atoms with van der Waals surface area (Å²) in [6.07, 6.45) is 3.77. The van der Waals surface area contributed by atoms with Gasteiger partial charge in [0.15, 0.2) is 0 Å². The highest BCUT2D eigenvalue weighted by molar-refractivity contribution is 5.79. The number of hydrogen-bond acceptors (Lipinski definition) is 3. The van der Waals surface area contributed by atoms with E-state index in [9.17, 15) is 9.90 Å². The SMILES string of the molecule is CC(C)(C)c1cccc(C2(O)CC3CCCC(C2)N3C(=O)OCC2c3ccccc3-c3ccccc32)c1. The lowest BCUT2D eigenvalue weighted by molar-refractivity contribution is -0.0891. The third-order valence-electron chi connectivity index (χ3n) is 8.82. The van der Waals surface area contributed by atoms with Gasteiger partial charge in [-0.05, 0) is 58.1 Å². The minimum atomic E-state index is -0.920. The van der Waals surface area contributed by atoms with Gasteiger partial charge in [0.05, 0.1) is 5.60 Å². The standard InChI is InChI=1S/C33H37NO3/c1-32(2,3)22-10-8-11-23(18-22)33(36)19-24-12-9-13-25(20-33)34(24)31(35)37-21-30-28-16-6-4-14-26(28)27-15-5-7-17-29(27)30/h4-8,10-11,14-18,24-25,30,36H,9,12-13,19-21H2,1-3H3. The highest BCUT2D eigenvalue weighted by Gasteiger charge is 2.49. The van der Waals surface area contributed by atoms with Crippen molar-refractivity contribution in [2.45, 2.75) is 81.9 Å². The largest absolute Gasteiger partial charge is 0.448 e. The lowest BCUT2D eigenvalue weighted by atomic mass is 9.72. The van der Waals surface area contributed by atoms with Crippen molar-refractivity contribution >= 4 is 6.09 Å². The minimum Gasteiger partial charge on any atom is -0.448 e. The van der Waals surface area contributed by atoms with Crippen molar-refractivity contribution < 1.29 is 14.6 Å². The van der Waals surface area contributed by atoms with E-state index in [0.717, 1.165) is 24.8 Å². The van der Waals surface area contributed by atoms with Crippen LogP contribution >= 0.6 is 0 Å². The summed E-state index contributed by atoms with van der Waals surface area (Å²) >= 11 is 0. The number of rotatable bonds is 3. The fourth-order valence-electron chi connectivity index (χ4n) is 6.91. The summed E-state index contributed by atoms with van der Waals surface area (Å²) in [6.45, 7) is 6.93. The molecule has 2 heterocycles. The number of aliphatic hydroxyl groups is 1. The fourth-order valence-corrected chi connectivity index (χ4v) is 6.91. The van der Waals surface area contributed by atoms with Crippen LogP contribution < -0.4 is 0 Å². The van der Waals surface area contributed by atoms with Crippen molar-refractivity contribution in [3.8, 4) is 11.1 Å². The third-order valence-corrected chi connectivity index (χ3v) is 8.82. The fraction of sp³-hybridized carbons (Fsp3) is 0.424. The third kappa shape index (κ3) is 4.25. The van der Waals surface area contributed by atoms with Crippen molar-refractivity contribution in [3.05, 3.63) is 95.1 Å². The van der Waals surface area contributed by atoms with Crippen molar-refractivity contribution in [1.29, 1.82) is 0 Å². The number of nitrogens with zero attached hydrogens (tertiary/aromatic N) is 1. The zero-order valence-electron chi connectivity index (χ0n) is 22.1. The number of benzene rings is 3. The first-order valence-electron chi connectivity index (χ1n) is 13.7. The molecule has 3 aromatic carbocycles. The van der Waals surface area contributed by atoms with Crippen LogP contribution in [0.15, 0.2) is 72.8 Å². The molecule has 1 aliphatic carbocycles. The van der Waals surface area contributed by atoms with Crippen LogP contribution in [-0.2, 0) is 15.8 Å². The zero-order valence-corrected chi connectivity index (χ0v) is 22.1. The van der Waals surface area contributed by atoms with E-state index in [4.69, 9.17) is 4.74 Å². The van der Waals surface area contributed by atoms with Gasteiger partial charge in [-0.15, -0.1) is 0 Å². The predicted octanol–water partition coefficient (Wildman–Crippen LogP) is 7.14. The smallest absolute Gasteiger partial charge is 0.410 e. The van der Waals surface area contributed by atoms with Crippen LogP contribution in [0.25, 0.3) is 11.1 Å². The monoisotopic (exact) mass is 495 g/mol. The Bertz CT molecular complexity index is 1260. The van der Waals surface area contributed by atoms with Crippen LogP contribution in [0.4, 0.5) is 4.79 Å². The Hall–Kier alpha value is -3.11. The van der Waals surface area contributed by atoms with Crippen LogP contribution in [-0.4, -0.2) is 34.8 Å². The van der Waals surface area contributed by atoms with Crippen LogP contribution in [0.1, 0.15) is 81.0 Å². The normalized spacial score (nSPS) is 24.9. The van der Waals surface area contributed by atoms with Crippen LogP contribution in [0.5, 0.6) is 0 Å².